The molecule has 0 saturated heterocycles. The topological polar surface area (TPSA) is 83.0 Å². The Morgan fingerprint density at radius 3 is 2.65 bits per heavy atom. The maximum Gasteiger partial charge on any atom is 0.419 e. The Morgan fingerprint density at radius 1 is 1.35 bits per heavy atom. The Hall–Kier alpha value is -2.75. The highest BCUT2D eigenvalue weighted by molar-refractivity contribution is 7.20. The van der Waals surface area contributed by atoms with Crippen molar-refractivity contribution in [2.45, 2.75) is 19.5 Å². The number of nitrogens with zero attached hydrogens (tertiary/aromatic N) is 1. The molecule has 1 aromatic carbocycles. The second-order valence-electron chi connectivity index (χ2n) is 5.54. The maximum atomic E-state index is 13.4. The van der Waals surface area contributed by atoms with Gasteiger partial charge in [0.05, 0.1) is 10.9 Å². The Kier molecular flexibility index (Phi) is 4.31. The summed E-state index contributed by atoms with van der Waals surface area (Å²) in [7, 11) is 0. The SMILES string of the molecule is Cc1c(C(=O)O)sc2nc(Cc3ccc(F)c(C(F)(F)F)c3)[nH]c(=O)c12. The summed E-state index contributed by atoms with van der Waals surface area (Å²) in [6.07, 6.45) is -5.01. The molecule has 0 aliphatic carbocycles. The summed E-state index contributed by atoms with van der Waals surface area (Å²) >= 11 is 0.810. The van der Waals surface area contributed by atoms with Crippen LogP contribution >= 0.6 is 11.3 Å². The van der Waals surface area contributed by atoms with E-state index in [4.69, 9.17) is 5.11 Å². The fourth-order valence-electron chi connectivity index (χ4n) is 2.57. The van der Waals surface area contributed by atoms with Gasteiger partial charge in [-0.15, -0.1) is 11.3 Å². The molecular weight excluding hydrogens is 376 g/mol. The maximum absolute atomic E-state index is 13.4. The van der Waals surface area contributed by atoms with Crippen LogP contribution in [0.25, 0.3) is 10.2 Å². The Bertz CT molecular complexity index is 1090. The minimum Gasteiger partial charge on any atom is -0.477 e. The van der Waals surface area contributed by atoms with Crippen LogP contribution in [0.2, 0.25) is 0 Å². The highest BCUT2D eigenvalue weighted by atomic mass is 32.1. The molecule has 136 valence electrons. The summed E-state index contributed by atoms with van der Waals surface area (Å²) in [5.41, 5.74) is -1.60. The van der Waals surface area contributed by atoms with Crippen LogP contribution in [-0.2, 0) is 12.6 Å². The predicted molar refractivity (Wildman–Crippen MR) is 86.1 cm³/mol. The van der Waals surface area contributed by atoms with Crippen molar-refractivity contribution in [2.75, 3.05) is 0 Å². The summed E-state index contributed by atoms with van der Waals surface area (Å²) in [6.45, 7) is 1.48. The van der Waals surface area contributed by atoms with Crippen molar-refractivity contribution in [1.29, 1.82) is 0 Å². The Balaban J connectivity index is 2.05. The number of hydrogen-bond acceptors (Lipinski definition) is 4. The molecule has 0 saturated carbocycles. The molecule has 0 radical (unpaired) electrons. The van der Waals surface area contributed by atoms with Gasteiger partial charge >= 0.3 is 12.1 Å². The lowest BCUT2D eigenvalue weighted by atomic mass is 10.1. The van der Waals surface area contributed by atoms with E-state index in [1.807, 2.05) is 0 Å². The molecule has 2 aromatic heterocycles. The fourth-order valence-corrected chi connectivity index (χ4v) is 3.61. The van der Waals surface area contributed by atoms with E-state index in [1.54, 1.807) is 0 Å². The molecule has 0 bridgehead atoms. The third-order valence-electron chi connectivity index (χ3n) is 3.75. The number of H-pyrrole nitrogens is 1. The number of thiophene rings is 1. The Morgan fingerprint density at radius 2 is 2.04 bits per heavy atom. The van der Waals surface area contributed by atoms with Crippen LogP contribution in [-0.4, -0.2) is 21.0 Å². The quantitative estimate of drug-likeness (QED) is 0.672. The van der Waals surface area contributed by atoms with Crippen LogP contribution in [0, 0.1) is 12.7 Å². The number of aromatic carboxylic acids is 1. The first-order valence-corrected chi connectivity index (χ1v) is 8.00. The molecule has 10 heteroatoms. The number of aromatic nitrogens is 2. The molecule has 3 aromatic rings. The van der Waals surface area contributed by atoms with Crippen LogP contribution in [0.5, 0.6) is 0 Å². The van der Waals surface area contributed by atoms with Gasteiger partial charge in [0.15, 0.2) is 0 Å². The third kappa shape index (κ3) is 3.19. The van der Waals surface area contributed by atoms with Crippen molar-refractivity contribution in [3.63, 3.8) is 0 Å². The number of aryl methyl sites for hydroxylation is 1. The zero-order valence-corrected chi connectivity index (χ0v) is 13.9. The number of carboxylic acid groups (broad SMARTS) is 1. The normalized spacial score (nSPS) is 11.9. The van der Waals surface area contributed by atoms with Gasteiger partial charge in [-0.25, -0.2) is 14.2 Å². The molecule has 2 heterocycles. The van der Waals surface area contributed by atoms with Gasteiger partial charge in [0.25, 0.3) is 5.56 Å². The van der Waals surface area contributed by atoms with Crippen LogP contribution in [0.15, 0.2) is 23.0 Å². The average Bonchev–Trinajstić information content (AvgIpc) is 2.85. The number of fused-ring (bicyclic) bond motifs is 1. The van der Waals surface area contributed by atoms with Gasteiger partial charge in [0.2, 0.25) is 0 Å². The highest BCUT2D eigenvalue weighted by Crippen LogP contribution is 2.32. The first-order valence-electron chi connectivity index (χ1n) is 7.19. The first kappa shape index (κ1) is 18.1. The molecule has 0 atom stereocenters. The number of carboxylic acids is 1. The van der Waals surface area contributed by atoms with Gasteiger partial charge < -0.3 is 10.1 Å². The minimum absolute atomic E-state index is 0.0312. The number of rotatable bonds is 3. The van der Waals surface area contributed by atoms with Crippen molar-refractivity contribution >= 4 is 27.5 Å². The second kappa shape index (κ2) is 6.20. The van der Waals surface area contributed by atoms with Crippen LogP contribution in [0.4, 0.5) is 17.6 Å². The number of hydrogen-bond donors (Lipinski definition) is 2. The molecular formula is C16H10F4N2O3S. The molecule has 0 unspecified atom stereocenters. The van der Waals surface area contributed by atoms with Gasteiger partial charge in [0.1, 0.15) is 21.3 Å². The molecule has 26 heavy (non-hydrogen) atoms. The monoisotopic (exact) mass is 386 g/mol. The molecule has 0 amide bonds. The van der Waals surface area contributed by atoms with E-state index >= 15 is 0 Å². The lowest BCUT2D eigenvalue weighted by Gasteiger charge is -2.10. The average molecular weight is 386 g/mol. The summed E-state index contributed by atoms with van der Waals surface area (Å²) in [5, 5.41) is 9.25. The van der Waals surface area contributed by atoms with E-state index in [0.717, 1.165) is 17.4 Å². The number of alkyl halides is 3. The van der Waals surface area contributed by atoms with E-state index in [9.17, 15) is 27.2 Å². The highest BCUT2D eigenvalue weighted by Gasteiger charge is 2.34. The molecule has 0 aliphatic heterocycles. The minimum atomic E-state index is -4.84. The van der Waals surface area contributed by atoms with Crippen molar-refractivity contribution in [1.82, 2.24) is 9.97 Å². The number of benzene rings is 1. The van der Waals surface area contributed by atoms with Crippen LogP contribution in [0.3, 0.4) is 0 Å². The number of carbonyl (C=O) groups is 1. The van der Waals surface area contributed by atoms with Gasteiger partial charge in [-0.2, -0.15) is 13.2 Å². The van der Waals surface area contributed by atoms with Crippen LogP contribution < -0.4 is 5.56 Å². The van der Waals surface area contributed by atoms with E-state index in [2.05, 4.69) is 9.97 Å². The lowest BCUT2D eigenvalue weighted by Crippen LogP contribution is -2.13. The smallest absolute Gasteiger partial charge is 0.419 e. The largest absolute Gasteiger partial charge is 0.477 e. The van der Waals surface area contributed by atoms with Crippen LogP contribution in [0.1, 0.15) is 32.2 Å². The molecule has 2 N–H and O–H groups in total. The zero-order valence-electron chi connectivity index (χ0n) is 13.1. The number of aromatic amines is 1. The second-order valence-corrected chi connectivity index (χ2v) is 6.54. The number of nitrogens with one attached hydrogen (secondary N) is 1. The molecule has 5 nitrogen and oxygen atoms in total. The standard InChI is InChI=1S/C16H10F4N2O3S/c1-6-11-13(23)21-10(22-14(11)26-12(6)15(24)25)5-7-2-3-9(17)8(4-7)16(18,19)20/h2-4H,5H2,1H3,(H,24,25)(H,21,22,23). The summed E-state index contributed by atoms with van der Waals surface area (Å²) in [6, 6.07) is 2.52. The number of halogens is 4. The van der Waals surface area contributed by atoms with Gasteiger partial charge in [-0.1, -0.05) is 6.07 Å². The molecule has 0 aliphatic rings. The van der Waals surface area contributed by atoms with Gasteiger partial charge in [-0.3, -0.25) is 4.79 Å². The van der Waals surface area contributed by atoms with E-state index in [0.29, 0.717) is 12.1 Å². The third-order valence-corrected chi connectivity index (χ3v) is 4.93. The van der Waals surface area contributed by atoms with Crippen molar-refractivity contribution in [3.8, 4) is 0 Å². The van der Waals surface area contributed by atoms with E-state index in [-0.39, 0.29) is 38.5 Å². The summed E-state index contributed by atoms with van der Waals surface area (Å²) < 4.78 is 51.7. The van der Waals surface area contributed by atoms with Crippen molar-refractivity contribution in [2.24, 2.45) is 0 Å². The van der Waals surface area contributed by atoms with Gasteiger partial charge in [-0.05, 0) is 30.2 Å². The fraction of sp³-hybridized carbons (Fsp3) is 0.188. The van der Waals surface area contributed by atoms with E-state index in [1.165, 1.54) is 6.92 Å². The Labute approximate surface area is 146 Å². The molecule has 0 spiro atoms. The van der Waals surface area contributed by atoms with E-state index < -0.39 is 29.1 Å². The van der Waals surface area contributed by atoms with Crippen molar-refractivity contribution < 1.29 is 27.5 Å². The van der Waals surface area contributed by atoms with Gasteiger partial charge in [0, 0.05) is 6.42 Å². The molecule has 0 fully saturated rings. The summed E-state index contributed by atoms with van der Waals surface area (Å²) in [5.74, 6) is -2.53. The van der Waals surface area contributed by atoms with Crippen molar-refractivity contribution in [3.05, 3.63) is 61.8 Å². The first-order chi connectivity index (χ1) is 12.1. The molecule has 3 rings (SSSR count). The predicted octanol–water partition coefficient (Wildman–Crippen LogP) is 3.74. The summed E-state index contributed by atoms with van der Waals surface area (Å²) in [4.78, 5) is 30.1. The lowest BCUT2D eigenvalue weighted by molar-refractivity contribution is -0.140. The zero-order chi connectivity index (χ0) is 19.2.